The van der Waals surface area contributed by atoms with Gasteiger partial charge in [0.25, 0.3) is 0 Å². The number of hydrogen-bond acceptors (Lipinski definition) is 4. The summed E-state index contributed by atoms with van der Waals surface area (Å²) >= 11 is 0. The van der Waals surface area contributed by atoms with Crippen molar-refractivity contribution >= 4 is 10.0 Å². The number of rotatable bonds is 4. The molecule has 0 spiro atoms. The van der Waals surface area contributed by atoms with Gasteiger partial charge in [-0.15, -0.1) is 0 Å². The maximum Gasteiger partial charge on any atom is 0.246 e. The smallest absolute Gasteiger partial charge is 0.246 e. The van der Waals surface area contributed by atoms with Gasteiger partial charge in [0.15, 0.2) is 0 Å². The highest BCUT2D eigenvalue weighted by atomic mass is 32.2. The van der Waals surface area contributed by atoms with Gasteiger partial charge in [-0.05, 0) is 45.6 Å². The van der Waals surface area contributed by atoms with Crippen LogP contribution in [0.4, 0.5) is 0 Å². The van der Waals surface area contributed by atoms with Crippen molar-refractivity contribution < 1.29 is 8.42 Å². The molecule has 2 aliphatic rings. The molecule has 0 radical (unpaired) electrons. The average molecular weight is 340 g/mol. The minimum Gasteiger partial charge on any atom is -0.302 e. The van der Waals surface area contributed by atoms with Crippen LogP contribution in [-0.4, -0.2) is 60.1 Å². The summed E-state index contributed by atoms with van der Waals surface area (Å²) in [5.74, 6) is 0.834. The fraction of sp³-hybridized carbons (Fsp3) is 0.812. The molecule has 0 amide bonds. The first-order chi connectivity index (χ1) is 10.9. The van der Waals surface area contributed by atoms with Crippen LogP contribution in [0.15, 0.2) is 4.90 Å². The first kappa shape index (κ1) is 16.9. The van der Waals surface area contributed by atoms with E-state index in [1.165, 1.54) is 19.3 Å². The summed E-state index contributed by atoms with van der Waals surface area (Å²) in [6.45, 7) is 7.79. The third-order valence-electron chi connectivity index (χ3n) is 5.33. The molecule has 1 aromatic rings. The Bertz CT molecular complexity index is 664. The predicted molar refractivity (Wildman–Crippen MR) is 89.8 cm³/mol. The van der Waals surface area contributed by atoms with Crippen molar-refractivity contribution in [1.82, 2.24) is 19.0 Å². The number of nitrogens with zero attached hydrogens (tertiary/aromatic N) is 4. The molecule has 130 valence electrons. The molecule has 1 aromatic heterocycles. The van der Waals surface area contributed by atoms with Crippen molar-refractivity contribution in [1.29, 1.82) is 0 Å². The van der Waals surface area contributed by atoms with Crippen LogP contribution < -0.4 is 0 Å². The van der Waals surface area contributed by atoms with Crippen LogP contribution >= 0.6 is 0 Å². The van der Waals surface area contributed by atoms with Crippen molar-refractivity contribution in [3.05, 3.63) is 11.4 Å². The van der Waals surface area contributed by atoms with Gasteiger partial charge in [0, 0.05) is 33.2 Å². The topological polar surface area (TPSA) is 58.4 Å². The van der Waals surface area contributed by atoms with Gasteiger partial charge in [-0.3, -0.25) is 4.68 Å². The van der Waals surface area contributed by atoms with E-state index >= 15 is 0 Å². The van der Waals surface area contributed by atoms with Crippen LogP contribution in [0, 0.1) is 19.8 Å². The Balaban J connectivity index is 1.73. The van der Waals surface area contributed by atoms with Crippen LogP contribution in [-0.2, 0) is 17.1 Å². The van der Waals surface area contributed by atoms with Gasteiger partial charge in [0.2, 0.25) is 10.0 Å². The van der Waals surface area contributed by atoms with Crippen LogP contribution in [0.25, 0.3) is 0 Å². The molecule has 1 saturated heterocycles. The summed E-state index contributed by atoms with van der Waals surface area (Å²) < 4.78 is 29.4. The second kappa shape index (κ2) is 6.53. The van der Waals surface area contributed by atoms with Crippen LogP contribution in [0.2, 0.25) is 0 Å². The Hall–Kier alpha value is -0.920. The molecule has 23 heavy (non-hydrogen) atoms. The first-order valence-corrected chi connectivity index (χ1v) is 10.1. The second-order valence-corrected chi connectivity index (χ2v) is 8.85. The number of hydrogen-bond donors (Lipinski definition) is 0. The summed E-state index contributed by atoms with van der Waals surface area (Å²) in [5, 5.41) is 4.27. The Labute approximate surface area is 139 Å². The maximum atomic E-state index is 13.0. The summed E-state index contributed by atoms with van der Waals surface area (Å²) in [6, 6.07) is 0. The molecule has 0 bridgehead atoms. The van der Waals surface area contributed by atoms with Gasteiger partial charge in [0.1, 0.15) is 4.90 Å². The summed E-state index contributed by atoms with van der Waals surface area (Å²) in [4.78, 5) is 2.84. The molecular weight excluding hydrogens is 312 g/mol. The molecule has 0 atom stereocenters. The monoisotopic (exact) mass is 340 g/mol. The lowest BCUT2D eigenvalue weighted by Gasteiger charge is -2.31. The number of sulfonamides is 1. The second-order valence-electron chi connectivity index (χ2n) is 6.98. The summed E-state index contributed by atoms with van der Waals surface area (Å²) in [7, 11) is -1.65. The Morgan fingerprint density at radius 3 is 2.39 bits per heavy atom. The Morgan fingerprint density at radius 1 is 1.09 bits per heavy atom. The minimum atomic E-state index is -3.45. The SMILES string of the molecule is Cc1nn(C)c(C)c1S(=O)(=O)N1CCCN(CC2CCC2)CC1. The molecule has 0 unspecified atom stereocenters. The lowest BCUT2D eigenvalue weighted by molar-refractivity contribution is 0.184. The predicted octanol–water partition coefficient (Wildman–Crippen LogP) is 1.53. The molecule has 1 aliphatic heterocycles. The average Bonchev–Trinajstić information content (AvgIpc) is 2.64. The first-order valence-electron chi connectivity index (χ1n) is 8.62. The fourth-order valence-corrected chi connectivity index (χ4v) is 5.54. The molecule has 2 heterocycles. The summed E-state index contributed by atoms with van der Waals surface area (Å²) in [5.41, 5.74) is 1.32. The minimum absolute atomic E-state index is 0.396. The van der Waals surface area contributed by atoms with Gasteiger partial charge >= 0.3 is 0 Å². The van der Waals surface area contributed by atoms with E-state index in [0.29, 0.717) is 23.7 Å². The molecule has 3 rings (SSSR count). The number of aromatic nitrogens is 2. The molecule has 6 nitrogen and oxygen atoms in total. The standard InChI is InChI=1S/C16H28N4O2S/c1-13-16(14(2)18(3)17-13)23(21,22)20-9-5-8-19(10-11-20)12-15-6-4-7-15/h15H,4-12H2,1-3H3. The molecule has 1 saturated carbocycles. The van der Waals surface area contributed by atoms with Gasteiger partial charge in [0.05, 0.1) is 11.4 Å². The molecule has 2 fully saturated rings. The van der Waals surface area contributed by atoms with E-state index in [-0.39, 0.29) is 0 Å². The highest BCUT2D eigenvalue weighted by Crippen LogP contribution is 2.28. The zero-order valence-corrected chi connectivity index (χ0v) is 15.3. The van der Waals surface area contributed by atoms with E-state index in [9.17, 15) is 8.42 Å². The quantitative estimate of drug-likeness (QED) is 0.834. The van der Waals surface area contributed by atoms with E-state index in [1.54, 1.807) is 23.0 Å². The molecule has 0 N–H and O–H groups in total. The van der Waals surface area contributed by atoms with Crippen molar-refractivity contribution in [2.24, 2.45) is 13.0 Å². The van der Waals surface area contributed by atoms with Crippen molar-refractivity contribution in [3.8, 4) is 0 Å². The van der Waals surface area contributed by atoms with E-state index in [0.717, 1.165) is 37.7 Å². The van der Waals surface area contributed by atoms with E-state index < -0.39 is 10.0 Å². The third-order valence-corrected chi connectivity index (χ3v) is 7.48. The van der Waals surface area contributed by atoms with Gasteiger partial charge in [-0.25, -0.2) is 8.42 Å². The van der Waals surface area contributed by atoms with Gasteiger partial charge < -0.3 is 4.90 Å². The van der Waals surface area contributed by atoms with Gasteiger partial charge in [-0.2, -0.15) is 9.40 Å². The van der Waals surface area contributed by atoms with E-state index in [1.807, 2.05) is 6.92 Å². The fourth-order valence-electron chi connectivity index (χ4n) is 3.67. The zero-order valence-electron chi connectivity index (χ0n) is 14.5. The highest BCUT2D eigenvalue weighted by molar-refractivity contribution is 7.89. The van der Waals surface area contributed by atoms with Crippen molar-refractivity contribution in [2.45, 2.75) is 44.4 Å². The summed E-state index contributed by atoms with van der Waals surface area (Å²) in [6.07, 6.45) is 4.95. The largest absolute Gasteiger partial charge is 0.302 e. The molecule has 7 heteroatoms. The Kier molecular flexibility index (Phi) is 4.80. The molecule has 0 aromatic carbocycles. The lowest BCUT2D eigenvalue weighted by atomic mass is 9.85. The van der Waals surface area contributed by atoms with Crippen LogP contribution in [0.3, 0.4) is 0 Å². The third kappa shape index (κ3) is 3.32. The normalized spacial score (nSPS) is 22.0. The van der Waals surface area contributed by atoms with Crippen LogP contribution in [0.1, 0.15) is 37.1 Å². The Morgan fingerprint density at radius 2 is 1.83 bits per heavy atom. The van der Waals surface area contributed by atoms with Gasteiger partial charge in [-0.1, -0.05) is 6.42 Å². The van der Waals surface area contributed by atoms with E-state index in [4.69, 9.17) is 0 Å². The lowest BCUT2D eigenvalue weighted by Crippen LogP contribution is -2.37. The zero-order chi connectivity index (χ0) is 16.6. The molecule has 1 aliphatic carbocycles. The van der Waals surface area contributed by atoms with Crippen molar-refractivity contribution in [3.63, 3.8) is 0 Å². The highest BCUT2D eigenvalue weighted by Gasteiger charge is 2.32. The maximum absolute atomic E-state index is 13.0. The number of aryl methyl sites for hydroxylation is 2. The van der Waals surface area contributed by atoms with Crippen LogP contribution in [0.5, 0.6) is 0 Å². The molecular formula is C16H28N4O2S. The van der Waals surface area contributed by atoms with Crippen molar-refractivity contribution in [2.75, 3.05) is 32.7 Å². The van der Waals surface area contributed by atoms with E-state index in [2.05, 4.69) is 10.00 Å².